The molecular weight excluding hydrogens is 448 g/mol. The van der Waals surface area contributed by atoms with Crippen LogP contribution in [0.5, 0.6) is 11.5 Å². The van der Waals surface area contributed by atoms with Gasteiger partial charge < -0.3 is 19.4 Å². The summed E-state index contributed by atoms with van der Waals surface area (Å²) in [5.74, 6) is -1.65. The van der Waals surface area contributed by atoms with E-state index in [-0.39, 0.29) is 46.3 Å². The summed E-state index contributed by atoms with van der Waals surface area (Å²) < 4.78 is 10.7. The zero-order chi connectivity index (χ0) is 26.3. The average Bonchev–Trinajstić information content (AvgIpc) is 2.76. The quantitative estimate of drug-likeness (QED) is 0.163. The summed E-state index contributed by atoms with van der Waals surface area (Å²) in [5.41, 5.74) is 1.59. The van der Waals surface area contributed by atoms with Gasteiger partial charge in [0, 0.05) is 30.5 Å². The fourth-order valence-corrected chi connectivity index (χ4v) is 4.05. The highest BCUT2D eigenvalue weighted by atomic mass is 16.5. The second-order valence-corrected chi connectivity index (χ2v) is 9.03. The Morgan fingerprint density at radius 2 is 1.74 bits per heavy atom. The number of Topliss-reactive ketones (excluding diaryl/α,β-unsaturated/α-hetero) is 1. The highest BCUT2D eigenvalue weighted by Gasteiger charge is 2.29. The molecule has 2 aromatic rings. The maximum atomic E-state index is 13.0. The summed E-state index contributed by atoms with van der Waals surface area (Å²) in [6.07, 6.45) is 6.03. The lowest BCUT2D eigenvalue weighted by atomic mass is 9.92. The van der Waals surface area contributed by atoms with E-state index in [2.05, 4.69) is 6.08 Å². The average molecular weight is 485 g/mol. The van der Waals surface area contributed by atoms with E-state index in [0.29, 0.717) is 12.8 Å². The third-order valence-corrected chi connectivity index (χ3v) is 5.79. The van der Waals surface area contributed by atoms with Gasteiger partial charge in [0.15, 0.2) is 11.4 Å². The number of allylic oxidation sites excluding steroid dienone is 4. The van der Waals surface area contributed by atoms with Crippen LogP contribution in [-0.2, 0) is 16.0 Å². The van der Waals surface area contributed by atoms with E-state index in [4.69, 9.17) is 9.15 Å². The Balaban J connectivity index is 2.79. The van der Waals surface area contributed by atoms with Gasteiger partial charge in [0.1, 0.15) is 23.2 Å². The highest BCUT2D eigenvalue weighted by molar-refractivity contribution is 6.11. The summed E-state index contributed by atoms with van der Waals surface area (Å²) in [4.78, 5) is 37.1. The Morgan fingerprint density at radius 1 is 1.06 bits per heavy atom. The van der Waals surface area contributed by atoms with Crippen molar-refractivity contribution in [3.8, 4) is 11.5 Å². The van der Waals surface area contributed by atoms with Crippen molar-refractivity contribution in [2.75, 3.05) is 0 Å². The van der Waals surface area contributed by atoms with Gasteiger partial charge in [-0.15, -0.1) is 0 Å². The van der Waals surface area contributed by atoms with Gasteiger partial charge in [-0.1, -0.05) is 37.1 Å². The Kier molecular flexibility index (Phi) is 9.87. The first-order valence-electron chi connectivity index (χ1n) is 12.1. The van der Waals surface area contributed by atoms with Crippen LogP contribution >= 0.6 is 0 Å². The SMILES string of the molecule is CCCC(=O)c1c(O)c(CC=C(C)CCC=C(C)C)c(O)c2c([C@H](CC)OC(C)=O)cc(=O)oc12. The van der Waals surface area contributed by atoms with Crippen molar-refractivity contribution in [1.29, 1.82) is 0 Å². The number of rotatable bonds is 11. The minimum absolute atomic E-state index is 0.0977. The molecule has 1 aromatic heterocycles. The molecule has 1 heterocycles. The molecule has 0 unspecified atom stereocenters. The smallest absolute Gasteiger partial charge is 0.336 e. The molecule has 0 radical (unpaired) electrons. The highest BCUT2D eigenvalue weighted by Crippen LogP contribution is 2.44. The number of carbonyl (C=O) groups is 2. The van der Waals surface area contributed by atoms with Crippen molar-refractivity contribution in [1.82, 2.24) is 0 Å². The number of aromatic hydroxyl groups is 2. The summed E-state index contributed by atoms with van der Waals surface area (Å²) >= 11 is 0. The van der Waals surface area contributed by atoms with E-state index in [9.17, 15) is 24.6 Å². The number of phenols is 2. The molecule has 0 aliphatic carbocycles. The summed E-state index contributed by atoms with van der Waals surface area (Å²) in [7, 11) is 0. The van der Waals surface area contributed by atoms with Crippen LogP contribution < -0.4 is 5.63 Å². The van der Waals surface area contributed by atoms with E-state index in [0.717, 1.165) is 24.5 Å². The topological polar surface area (TPSA) is 114 Å². The third-order valence-electron chi connectivity index (χ3n) is 5.79. The number of hydrogen-bond acceptors (Lipinski definition) is 7. The lowest BCUT2D eigenvalue weighted by molar-refractivity contribution is -0.146. The number of ether oxygens (including phenoxy) is 1. The molecule has 2 rings (SSSR count). The van der Waals surface area contributed by atoms with Crippen molar-refractivity contribution >= 4 is 22.7 Å². The van der Waals surface area contributed by atoms with Crippen LogP contribution in [0.15, 0.2) is 38.6 Å². The molecule has 0 aliphatic heterocycles. The van der Waals surface area contributed by atoms with Crippen LogP contribution in [0.25, 0.3) is 11.0 Å². The first-order valence-corrected chi connectivity index (χ1v) is 12.1. The zero-order valence-electron chi connectivity index (χ0n) is 21.5. The molecule has 0 saturated carbocycles. The fraction of sp³-hybridized carbons (Fsp3) is 0.464. The molecule has 0 spiro atoms. The number of hydrogen-bond donors (Lipinski definition) is 2. The third kappa shape index (κ3) is 6.84. The Bertz CT molecular complexity index is 1210. The number of fused-ring (bicyclic) bond motifs is 1. The molecule has 7 nitrogen and oxygen atoms in total. The van der Waals surface area contributed by atoms with Crippen molar-refractivity contribution in [3.63, 3.8) is 0 Å². The van der Waals surface area contributed by atoms with E-state index in [1.807, 2.05) is 33.8 Å². The normalized spacial score (nSPS) is 12.5. The Morgan fingerprint density at radius 3 is 2.31 bits per heavy atom. The van der Waals surface area contributed by atoms with Crippen LogP contribution in [0.3, 0.4) is 0 Å². The monoisotopic (exact) mass is 484 g/mol. The van der Waals surface area contributed by atoms with Crippen LogP contribution in [0.1, 0.15) is 101 Å². The van der Waals surface area contributed by atoms with E-state index >= 15 is 0 Å². The maximum Gasteiger partial charge on any atom is 0.336 e. The molecule has 0 bridgehead atoms. The van der Waals surface area contributed by atoms with Gasteiger partial charge in [-0.05, 0) is 52.9 Å². The lowest BCUT2D eigenvalue weighted by Crippen LogP contribution is -2.13. The van der Waals surface area contributed by atoms with Gasteiger partial charge in [0.2, 0.25) is 0 Å². The van der Waals surface area contributed by atoms with E-state index < -0.39 is 29.2 Å². The van der Waals surface area contributed by atoms with Crippen LogP contribution in [0, 0.1) is 0 Å². The number of esters is 1. The van der Waals surface area contributed by atoms with Crippen LogP contribution in [0.4, 0.5) is 0 Å². The number of phenolic OH excluding ortho intramolecular Hbond substituents is 2. The molecule has 0 fully saturated rings. The predicted octanol–water partition coefficient (Wildman–Crippen LogP) is 6.44. The maximum absolute atomic E-state index is 13.0. The van der Waals surface area contributed by atoms with Crippen molar-refractivity contribution in [2.24, 2.45) is 0 Å². The number of ketones is 1. The van der Waals surface area contributed by atoms with Crippen molar-refractivity contribution in [3.05, 3.63) is 56.5 Å². The first-order chi connectivity index (χ1) is 16.5. The van der Waals surface area contributed by atoms with Gasteiger partial charge in [-0.3, -0.25) is 9.59 Å². The number of benzene rings is 1. The number of carbonyl (C=O) groups excluding carboxylic acids is 2. The fourth-order valence-electron chi connectivity index (χ4n) is 4.05. The molecular formula is C28H36O7. The summed E-state index contributed by atoms with van der Waals surface area (Å²) in [6, 6.07) is 1.16. The lowest BCUT2D eigenvalue weighted by Gasteiger charge is -2.20. The first kappa shape index (κ1) is 27.9. The van der Waals surface area contributed by atoms with Crippen molar-refractivity contribution < 1.29 is 29.0 Å². The minimum Gasteiger partial charge on any atom is -0.507 e. The second kappa shape index (κ2) is 12.4. The molecule has 0 saturated heterocycles. The molecule has 1 atom stereocenters. The summed E-state index contributed by atoms with van der Waals surface area (Å²) in [5, 5.41) is 22.4. The largest absolute Gasteiger partial charge is 0.507 e. The Labute approximate surface area is 206 Å². The summed E-state index contributed by atoms with van der Waals surface area (Å²) in [6.45, 7) is 10.9. The molecule has 1 aromatic carbocycles. The van der Waals surface area contributed by atoms with Gasteiger partial charge in [-0.25, -0.2) is 4.79 Å². The molecule has 0 aliphatic rings. The van der Waals surface area contributed by atoms with Gasteiger partial charge in [0.25, 0.3) is 0 Å². The van der Waals surface area contributed by atoms with Gasteiger partial charge in [0.05, 0.1) is 5.39 Å². The molecule has 2 N–H and O–H groups in total. The molecule has 7 heteroatoms. The second-order valence-electron chi connectivity index (χ2n) is 9.03. The van der Waals surface area contributed by atoms with Gasteiger partial charge in [-0.2, -0.15) is 0 Å². The molecule has 0 amide bonds. The zero-order valence-corrected chi connectivity index (χ0v) is 21.5. The molecule has 190 valence electrons. The van der Waals surface area contributed by atoms with Gasteiger partial charge >= 0.3 is 11.6 Å². The minimum atomic E-state index is -0.835. The van der Waals surface area contributed by atoms with E-state index in [1.165, 1.54) is 12.5 Å². The Hall–Kier alpha value is -3.35. The predicted molar refractivity (Wildman–Crippen MR) is 136 cm³/mol. The van der Waals surface area contributed by atoms with Crippen LogP contribution in [0.2, 0.25) is 0 Å². The van der Waals surface area contributed by atoms with Crippen LogP contribution in [-0.4, -0.2) is 22.0 Å². The van der Waals surface area contributed by atoms with Crippen molar-refractivity contribution in [2.45, 2.75) is 86.2 Å². The van der Waals surface area contributed by atoms with E-state index in [1.54, 1.807) is 6.92 Å². The standard InChI is InChI=1S/C28H36O7/c1-7-10-21(30)25-27(33)19(14-13-17(5)12-9-11-16(3)4)26(32)24-20(15-23(31)35-28(24)25)22(8-2)34-18(6)29/h11,13,15,22,32-33H,7-10,12,14H2,1-6H3/t22-/m0/s1. The molecule has 35 heavy (non-hydrogen) atoms.